The van der Waals surface area contributed by atoms with E-state index in [1.54, 1.807) is 6.08 Å². The van der Waals surface area contributed by atoms with Gasteiger partial charge in [0.2, 0.25) is 0 Å². The molecule has 0 amide bonds. The molecule has 0 saturated heterocycles. The van der Waals surface area contributed by atoms with Gasteiger partial charge in [0.15, 0.2) is 0 Å². The summed E-state index contributed by atoms with van der Waals surface area (Å²) in [7, 11) is 0. The van der Waals surface area contributed by atoms with Crippen molar-refractivity contribution in [2.45, 2.75) is 18.2 Å². The zero-order chi connectivity index (χ0) is 13.3. The van der Waals surface area contributed by atoms with Crippen molar-refractivity contribution in [3.8, 4) is 0 Å². The topological polar surface area (TPSA) is 37.3 Å². The summed E-state index contributed by atoms with van der Waals surface area (Å²) in [4.78, 5) is 10.1. The molecule has 1 unspecified atom stereocenters. The molecule has 1 aliphatic carbocycles. The van der Waals surface area contributed by atoms with Crippen LogP contribution in [0.15, 0.2) is 47.0 Å². The number of halogens is 2. The van der Waals surface area contributed by atoms with Crippen LogP contribution in [0.25, 0.3) is 0 Å². The zero-order valence-corrected chi connectivity index (χ0v) is 11.3. The Labute approximate surface area is 116 Å². The van der Waals surface area contributed by atoms with Gasteiger partial charge in [-0.15, -0.1) is 11.6 Å². The number of allylic oxidation sites excluding steroid dienone is 3. The molecule has 1 aromatic rings. The SMILES string of the molecule is Cc1ccccc1C1(Cl)CC(C(=O)O)=CC=C1Cl. The Balaban J connectivity index is 2.50. The molecule has 0 heterocycles. The van der Waals surface area contributed by atoms with Crippen LogP contribution in [0.2, 0.25) is 0 Å². The van der Waals surface area contributed by atoms with Gasteiger partial charge in [0.1, 0.15) is 4.87 Å². The first-order valence-corrected chi connectivity index (χ1v) is 6.26. The highest BCUT2D eigenvalue weighted by Gasteiger charge is 2.38. The molecule has 2 nitrogen and oxygen atoms in total. The third-order valence-corrected chi connectivity index (χ3v) is 4.18. The number of benzene rings is 1. The van der Waals surface area contributed by atoms with Crippen LogP contribution >= 0.6 is 23.2 Å². The van der Waals surface area contributed by atoms with Gasteiger partial charge in [0, 0.05) is 17.0 Å². The smallest absolute Gasteiger partial charge is 0.331 e. The van der Waals surface area contributed by atoms with Gasteiger partial charge in [-0.2, -0.15) is 0 Å². The standard InChI is InChI=1S/C14H12Cl2O2/c1-9-4-2-3-5-11(9)14(16)8-10(13(17)18)6-7-12(14)15/h2-7H,8H2,1H3,(H,17,18). The minimum atomic E-state index is -0.977. The molecule has 1 N–H and O–H groups in total. The molecule has 2 rings (SSSR count). The second kappa shape index (κ2) is 4.79. The summed E-state index contributed by atoms with van der Waals surface area (Å²) in [6.07, 6.45) is 3.25. The maximum Gasteiger partial charge on any atom is 0.331 e. The van der Waals surface area contributed by atoms with Crippen molar-refractivity contribution in [1.82, 2.24) is 0 Å². The molecule has 1 aliphatic rings. The van der Waals surface area contributed by atoms with Crippen molar-refractivity contribution in [3.05, 3.63) is 58.1 Å². The van der Waals surface area contributed by atoms with E-state index in [-0.39, 0.29) is 12.0 Å². The maximum atomic E-state index is 11.1. The fourth-order valence-corrected chi connectivity index (χ4v) is 2.75. The minimum absolute atomic E-state index is 0.185. The van der Waals surface area contributed by atoms with E-state index in [1.807, 2.05) is 31.2 Å². The number of alkyl halides is 1. The molecule has 4 heteroatoms. The van der Waals surface area contributed by atoms with Gasteiger partial charge in [0.25, 0.3) is 0 Å². The van der Waals surface area contributed by atoms with E-state index in [4.69, 9.17) is 28.3 Å². The first-order chi connectivity index (χ1) is 8.45. The predicted octanol–water partition coefficient (Wildman–Crippen LogP) is 3.97. The number of hydrogen-bond acceptors (Lipinski definition) is 1. The summed E-state index contributed by atoms with van der Waals surface area (Å²) in [6, 6.07) is 7.59. The average molecular weight is 283 g/mol. The Bertz CT molecular complexity index is 561. The van der Waals surface area contributed by atoms with Gasteiger partial charge in [-0.3, -0.25) is 0 Å². The number of carboxylic acids is 1. The molecule has 94 valence electrons. The fourth-order valence-electron chi connectivity index (χ4n) is 2.10. The monoisotopic (exact) mass is 282 g/mol. The lowest BCUT2D eigenvalue weighted by Gasteiger charge is -2.31. The molecule has 0 saturated carbocycles. The zero-order valence-electron chi connectivity index (χ0n) is 9.78. The third kappa shape index (κ3) is 2.18. The first kappa shape index (κ1) is 13.2. The molecule has 18 heavy (non-hydrogen) atoms. The van der Waals surface area contributed by atoms with Gasteiger partial charge in [-0.05, 0) is 24.1 Å². The van der Waals surface area contributed by atoms with Crippen LogP contribution in [0.1, 0.15) is 17.5 Å². The van der Waals surface area contributed by atoms with Crippen LogP contribution in [0, 0.1) is 6.92 Å². The number of aryl methyl sites for hydroxylation is 1. The van der Waals surface area contributed by atoms with E-state index in [1.165, 1.54) is 6.08 Å². The number of carbonyl (C=O) groups is 1. The van der Waals surface area contributed by atoms with Crippen molar-refractivity contribution in [2.24, 2.45) is 0 Å². The van der Waals surface area contributed by atoms with Crippen molar-refractivity contribution in [3.63, 3.8) is 0 Å². The lowest BCUT2D eigenvalue weighted by molar-refractivity contribution is -0.132. The Kier molecular flexibility index (Phi) is 3.51. The summed E-state index contributed by atoms with van der Waals surface area (Å²) in [5, 5.41) is 9.52. The van der Waals surface area contributed by atoms with Crippen LogP contribution in [0.4, 0.5) is 0 Å². The molecule has 0 aromatic heterocycles. The highest BCUT2D eigenvalue weighted by atomic mass is 35.5. The van der Waals surface area contributed by atoms with Crippen LogP contribution in [0.5, 0.6) is 0 Å². The van der Waals surface area contributed by atoms with Gasteiger partial charge >= 0.3 is 5.97 Å². The lowest BCUT2D eigenvalue weighted by Crippen LogP contribution is -2.25. The number of aliphatic carboxylic acids is 1. The third-order valence-electron chi connectivity index (χ3n) is 3.09. The Hall–Kier alpha value is -1.25. The van der Waals surface area contributed by atoms with Crippen molar-refractivity contribution >= 4 is 29.2 Å². The van der Waals surface area contributed by atoms with Crippen LogP contribution in [-0.2, 0) is 9.67 Å². The summed E-state index contributed by atoms with van der Waals surface area (Å²) in [5.41, 5.74) is 2.10. The molecular formula is C14H12Cl2O2. The van der Waals surface area contributed by atoms with Crippen LogP contribution < -0.4 is 0 Å². The van der Waals surface area contributed by atoms with Crippen LogP contribution in [-0.4, -0.2) is 11.1 Å². The maximum absolute atomic E-state index is 11.1. The molecule has 0 spiro atoms. The first-order valence-electron chi connectivity index (χ1n) is 5.50. The molecule has 1 aromatic carbocycles. The van der Waals surface area contributed by atoms with E-state index in [0.29, 0.717) is 5.03 Å². The largest absolute Gasteiger partial charge is 0.478 e. The van der Waals surface area contributed by atoms with E-state index in [0.717, 1.165) is 11.1 Å². The van der Waals surface area contributed by atoms with E-state index in [9.17, 15) is 4.79 Å². The summed E-state index contributed by atoms with van der Waals surface area (Å²) in [5.74, 6) is -0.964. The van der Waals surface area contributed by atoms with Gasteiger partial charge in [-0.25, -0.2) is 4.79 Å². The highest BCUT2D eigenvalue weighted by Crippen LogP contribution is 2.47. The predicted molar refractivity (Wildman–Crippen MR) is 73.0 cm³/mol. The number of hydrogen-bond donors (Lipinski definition) is 1. The Morgan fingerprint density at radius 1 is 1.33 bits per heavy atom. The second-order valence-corrected chi connectivity index (χ2v) is 5.36. The fraction of sp³-hybridized carbons (Fsp3) is 0.214. The average Bonchev–Trinajstić information content (AvgIpc) is 2.33. The summed E-state index contributed by atoms with van der Waals surface area (Å²) in [6.45, 7) is 1.93. The van der Waals surface area contributed by atoms with Crippen molar-refractivity contribution in [2.75, 3.05) is 0 Å². The van der Waals surface area contributed by atoms with E-state index < -0.39 is 10.8 Å². The van der Waals surface area contributed by atoms with Gasteiger partial charge in [0.05, 0.1) is 0 Å². The Morgan fingerprint density at radius 3 is 2.61 bits per heavy atom. The molecule has 0 bridgehead atoms. The Morgan fingerprint density at radius 2 is 2.00 bits per heavy atom. The van der Waals surface area contributed by atoms with Gasteiger partial charge < -0.3 is 5.11 Å². The number of carboxylic acid groups (broad SMARTS) is 1. The van der Waals surface area contributed by atoms with Gasteiger partial charge in [-0.1, -0.05) is 41.9 Å². The second-order valence-electron chi connectivity index (χ2n) is 4.30. The highest BCUT2D eigenvalue weighted by molar-refractivity contribution is 6.40. The molecular weight excluding hydrogens is 271 g/mol. The van der Waals surface area contributed by atoms with E-state index >= 15 is 0 Å². The molecule has 0 fully saturated rings. The quantitative estimate of drug-likeness (QED) is 0.834. The molecule has 1 atom stereocenters. The number of rotatable bonds is 2. The molecule has 0 radical (unpaired) electrons. The minimum Gasteiger partial charge on any atom is -0.478 e. The van der Waals surface area contributed by atoms with Crippen molar-refractivity contribution < 1.29 is 9.90 Å². The molecule has 0 aliphatic heterocycles. The van der Waals surface area contributed by atoms with Crippen LogP contribution in [0.3, 0.4) is 0 Å². The summed E-state index contributed by atoms with van der Waals surface area (Å²) < 4.78 is 0. The van der Waals surface area contributed by atoms with E-state index in [2.05, 4.69) is 0 Å². The van der Waals surface area contributed by atoms with Crippen molar-refractivity contribution in [1.29, 1.82) is 0 Å². The summed E-state index contributed by atoms with van der Waals surface area (Å²) >= 11 is 12.8. The normalized spacial score (nSPS) is 23.3. The lowest BCUT2D eigenvalue weighted by atomic mass is 9.85.